The Bertz CT molecular complexity index is 519. The predicted molar refractivity (Wildman–Crippen MR) is 79.4 cm³/mol. The Kier molecular flexibility index (Phi) is 4.36. The Balaban J connectivity index is 2.09. The second kappa shape index (κ2) is 5.86. The van der Waals surface area contributed by atoms with E-state index in [1.165, 1.54) is 22.3 Å². The minimum absolute atomic E-state index is 0.0978. The van der Waals surface area contributed by atoms with Gasteiger partial charge in [0.05, 0.1) is 12.5 Å². The van der Waals surface area contributed by atoms with E-state index in [0.29, 0.717) is 12.5 Å². The van der Waals surface area contributed by atoms with E-state index in [-0.39, 0.29) is 5.92 Å². The van der Waals surface area contributed by atoms with Crippen molar-refractivity contribution in [1.29, 1.82) is 0 Å². The van der Waals surface area contributed by atoms with Crippen LogP contribution in [0.3, 0.4) is 0 Å². The van der Waals surface area contributed by atoms with Gasteiger partial charge in [-0.1, -0.05) is 0 Å². The van der Waals surface area contributed by atoms with Gasteiger partial charge in [0.2, 0.25) is 0 Å². The van der Waals surface area contributed by atoms with Gasteiger partial charge in [-0.15, -0.1) is 0 Å². The highest BCUT2D eigenvalue weighted by Gasteiger charge is 2.42. The zero-order valence-corrected chi connectivity index (χ0v) is 12.8. The molecule has 0 bridgehead atoms. The van der Waals surface area contributed by atoms with Crippen LogP contribution >= 0.6 is 0 Å². The topological polar surface area (TPSA) is 46.5 Å². The summed E-state index contributed by atoms with van der Waals surface area (Å²) in [5.74, 6) is 0.616. The number of rotatable bonds is 6. The summed E-state index contributed by atoms with van der Waals surface area (Å²) in [5, 5.41) is 8.95. The predicted octanol–water partition coefficient (Wildman–Crippen LogP) is 3.66. The van der Waals surface area contributed by atoms with Crippen LogP contribution in [0.2, 0.25) is 0 Å². The summed E-state index contributed by atoms with van der Waals surface area (Å²) < 4.78 is 5.66. The highest BCUT2D eigenvalue weighted by atomic mass is 16.5. The summed E-state index contributed by atoms with van der Waals surface area (Å²) in [6.07, 6.45) is 2.80. The standard InChI is InChI=1S/C17H24O3/c1-5-20-16-8-10(2)14(11(3)12(16)4)7-6-13-9-15(13)17(18)19/h8,13,15H,5-7,9H2,1-4H3,(H,18,19). The maximum atomic E-state index is 10.9. The SMILES string of the molecule is CCOc1cc(C)c(CCC2CC2C(=O)O)c(C)c1C. The van der Waals surface area contributed by atoms with Crippen LogP contribution in [0.1, 0.15) is 42.0 Å². The molecule has 1 aliphatic carbocycles. The monoisotopic (exact) mass is 276 g/mol. The van der Waals surface area contributed by atoms with Gasteiger partial charge in [-0.2, -0.15) is 0 Å². The van der Waals surface area contributed by atoms with Crippen molar-refractivity contribution in [3.63, 3.8) is 0 Å². The molecule has 0 heterocycles. The van der Waals surface area contributed by atoms with Crippen LogP contribution in [0.15, 0.2) is 6.07 Å². The molecule has 2 unspecified atom stereocenters. The summed E-state index contributed by atoms with van der Waals surface area (Å²) in [6.45, 7) is 9.03. The molecule has 1 aliphatic rings. The molecule has 1 aromatic carbocycles. The average Bonchev–Trinajstić information content (AvgIpc) is 3.15. The maximum Gasteiger partial charge on any atom is 0.306 e. The molecule has 0 spiro atoms. The first kappa shape index (κ1) is 14.9. The molecule has 1 fully saturated rings. The van der Waals surface area contributed by atoms with Gasteiger partial charge >= 0.3 is 5.97 Å². The molecule has 1 aromatic rings. The summed E-state index contributed by atoms with van der Waals surface area (Å²) in [5.41, 5.74) is 5.12. The van der Waals surface area contributed by atoms with E-state index in [1.54, 1.807) is 0 Å². The van der Waals surface area contributed by atoms with Gasteiger partial charge < -0.3 is 9.84 Å². The van der Waals surface area contributed by atoms with Crippen LogP contribution in [0.25, 0.3) is 0 Å². The van der Waals surface area contributed by atoms with Crippen molar-refractivity contribution < 1.29 is 14.6 Å². The molecule has 0 saturated heterocycles. The van der Waals surface area contributed by atoms with E-state index in [1.807, 2.05) is 6.92 Å². The molecular formula is C17H24O3. The van der Waals surface area contributed by atoms with Crippen molar-refractivity contribution in [3.05, 3.63) is 28.3 Å². The second-order valence-electron chi connectivity index (χ2n) is 5.83. The van der Waals surface area contributed by atoms with Crippen molar-refractivity contribution in [2.24, 2.45) is 11.8 Å². The Morgan fingerprint density at radius 2 is 2.05 bits per heavy atom. The van der Waals surface area contributed by atoms with Gasteiger partial charge in [-0.25, -0.2) is 0 Å². The van der Waals surface area contributed by atoms with Crippen LogP contribution in [0.4, 0.5) is 0 Å². The maximum absolute atomic E-state index is 10.9. The minimum Gasteiger partial charge on any atom is -0.494 e. The largest absolute Gasteiger partial charge is 0.494 e. The van der Waals surface area contributed by atoms with Crippen LogP contribution in [0, 0.1) is 32.6 Å². The van der Waals surface area contributed by atoms with Crippen molar-refractivity contribution in [2.45, 2.75) is 47.0 Å². The van der Waals surface area contributed by atoms with Gasteiger partial charge in [0.25, 0.3) is 0 Å². The Hall–Kier alpha value is -1.51. The second-order valence-corrected chi connectivity index (χ2v) is 5.83. The van der Waals surface area contributed by atoms with E-state index >= 15 is 0 Å². The highest BCUT2D eigenvalue weighted by Crippen LogP contribution is 2.42. The third kappa shape index (κ3) is 2.97. The number of aliphatic carboxylic acids is 1. The van der Waals surface area contributed by atoms with Crippen molar-refractivity contribution in [1.82, 2.24) is 0 Å². The van der Waals surface area contributed by atoms with Gasteiger partial charge in [-0.05, 0) is 81.2 Å². The fraction of sp³-hybridized carbons (Fsp3) is 0.588. The van der Waals surface area contributed by atoms with E-state index in [9.17, 15) is 4.79 Å². The van der Waals surface area contributed by atoms with Crippen molar-refractivity contribution in [3.8, 4) is 5.75 Å². The van der Waals surface area contributed by atoms with Crippen molar-refractivity contribution >= 4 is 5.97 Å². The molecule has 2 rings (SSSR count). The van der Waals surface area contributed by atoms with Crippen LogP contribution < -0.4 is 4.74 Å². The molecule has 0 amide bonds. The number of hydrogen-bond donors (Lipinski definition) is 1. The molecule has 3 nitrogen and oxygen atoms in total. The molecule has 1 saturated carbocycles. The van der Waals surface area contributed by atoms with E-state index in [0.717, 1.165) is 25.0 Å². The molecule has 110 valence electrons. The lowest BCUT2D eigenvalue weighted by Gasteiger charge is -2.16. The first-order chi connectivity index (χ1) is 9.45. The first-order valence-corrected chi connectivity index (χ1v) is 7.41. The zero-order chi connectivity index (χ0) is 14.9. The third-order valence-electron chi connectivity index (χ3n) is 4.51. The van der Waals surface area contributed by atoms with Gasteiger partial charge in [-0.3, -0.25) is 4.79 Å². The molecule has 0 aliphatic heterocycles. The summed E-state index contributed by atoms with van der Waals surface area (Å²) >= 11 is 0. The molecule has 3 heteroatoms. The Morgan fingerprint density at radius 1 is 1.35 bits per heavy atom. The molecule has 2 atom stereocenters. The average molecular weight is 276 g/mol. The Morgan fingerprint density at radius 3 is 2.60 bits per heavy atom. The molecule has 1 N–H and O–H groups in total. The first-order valence-electron chi connectivity index (χ1n) is 7.41. The summed E-state index contributed by atoms with van der Waals surface area (Å²) in [6, 6.07) is 2.11. The van der Waals surface area contributed by atoms with Crippen molar-refractivity contribution in [2.75, 3.05) is 6.61 Å². The lowest BCUT2D eigenvalue weighted by atomic mass is 9.93. The number of aryl methyl sites for hydroxylation is 1. The van der Waals surface area contributed by atoms with Gasteiger partial charge in [0, 0.05) is 0 Å². The number of carboxylic acids is 1. The smallest absolute Gasteiger partial charge is 0.306 e. The van der Waals surface area contributed by atoms with E-state index < -0.39 is 5.97 Å². The van der Waals surface area contributed by atoms with E-state index in [2.05, 4.69) is 26.8 Å². The number of carboxylic acid groups (broad SMARTS) is 1. The fourth-order valence-electron chi connectivity index (χ4n) is 2.99. The quantitative estimate of drug-likeness (QED) is 0.862. The number of ether oxygens (including phenoxy) is 1. The molecule has 20 heavy (non-hydrogen) atoms. The van der Waals surface area contributed by atoms with Gasteiger partial charge in [0.15, 0.2) is 0 Å². The summed E-state index contributed by atoms with van der Waals surface area (Å²) in [7, 11) is 0. The fourth-order valence-corrected chi connectivity index (χ4v) is 2.99. The molecular weight excluding hydrogens is 252 g/mol. The lowest BCUT2D eigenvalue weighted by Crippen LogP contribution is -2.04. The highest BCUT2D eigenvalue weighted by molar-refractivity contribution is 5.73. The summed E-state index contributed by atoms with van der Waals surface area (Å²) in [4.78, 5) is 10.9. The van der Waals surface area contributed by atoms with E-state index in [4.69, 9.17) is 9.84 Å². The number of carbonyl (C=O) groups is 1. The van der Waals surface area contributed by atoms with Crippen LogP contribution in [0.5, 0.6) is 5.75 Å². The Labute approximate surface area is 121 Å². The lowest BCUT2D eigenvalue weighted by molar-refractivity contribution is -0.138. The van der Waals surface area contributed by atoms with Gasteiger partial charge in [0.1, 0.15) is 5.75 Å². The molecule has 0 aromatic heterocycles. The molecule has 0 radical (unpaired) electrons. The van der Waals surface area contributed by atoms with Crippen LogP contribution in [-0.4, -0.2) is 17.7 Å². The normalized spacial score (nSPS) is 20.8. The number of hydrogen-bond acceptors (Lipinski definition) is 2. The van der Waals surface area contributed by atoms with Crippen LogP contribution in [-0.2, 0) is 11.2 Å². The zero-order valence-electron chi connectivity index (χ0n) is 12.8. The minimum atomic E-state index is -0.633. The third-order valence-corrected chi connectivity index (χ3v) is 4.51. The number of benzene rings is 1.